The SMILES string of the molecule is O=C(Cc1ccc(Cl)cc1)C1(O)CCCC1. The summed E-state index contributed by atoms with van der Waals surface area (Å²) >= 11 is 5.77. The van der Waals surface area contributed by atoms with Crippen molar-refractivity contribution in [3.05, 3.63) is 34.9 Å². The van der Waals surface area contributed by atoms with Gasteiger partial charge in [-0.05, 0) is 43.4 Å². The molecule has 16 heavy (non-hydrogen) atoms. The van der Waals surface area contributed by atoms with Gasteiger partial charge in [-0.2, -0.15) is 0 Å². The monoisotopic (exact) mass is 238 g/mol. The van der Waals surface area contributed by atoms with Gasteiger partial charge in [-0.15, -0.1) is 0 Å². The highest BCUT2D eigenvalue weighted by Gasteiger charge is 2.37. The Bertz CT molecular complexity index is 377. The van der Waals surface area contributed by atoms with E-state index < -0.39 is 5.60 Å². The maximum Gasteiger partial charge on any atom is 0.168 e. The van der Waals surface area contributed by atoms with Crippen molar-refractivity contribution in [2.45, 2.75) is 37.7 Å². The van der Waals surface area contributed by atoms with Gasteiger partial charge in [0.05, 0.1) is 0 Å². The van der Waals surface area contributed by atoms with Crippen LogP contribution in [0, 0.1) is 0 Å². The van der Waals surface area contributed by atoms with E-state index in [2.05, 4.69) is 0 Å². The molecule has 0 aliphatic heterocycles. The molecule has 0 amide bonds. The first-order valence-corrected chi connectivity index (χ1v) is 5.98. The summed E-state index contributed by atoms with van der Waals surface area (Å²) in [4.78, 5) is 11.9. The molecule has 0 aromatic heterocycles. The van der Waals surface area contributed by atoms with Crippen LogP contribution in [0.3, 0.4) is 0 Å². The largest absolute Gasteiger partial charge is 0.382 e. The third-order valence-electron chi connectivity index (χ3n) is 3.23. The fourth-order valence-electron chi connectivity index (χ4n) is 2.19. The molecule has 3 heteroatoms. The molecule has 1 fully saturated rings. The van der Waals surface area contributed by atoms with E-state index in [4.69, 9.17) is 11.6 Å². The fraction of sp³-hybridized carbons (Fsp3) is 0.462. The predicted octanol–water partition coefficient (Wildman–Crippen LogP) is 2.76. The van der Waals surface area contributed by atoms with Crippen LogP contribution in [0.1, 0.15) is 31.2 Å². The van der Waals surface area contributed by atoms with Crippen molar-refractivity contribution in [3.63, 3.8) is 0 Å². The molecule has 0 radical (unpaired) electrons. The van der Waals surface area contributed by atoms with Crippen molar-refractivity contribution >= 4 is 17.4 Å². The van der Waals surface area contributed by atoms with Gasteiger partial charge in [0, 0.05) is 11.4 Å². The van der Waals surface area contributed by atoms with E-state index in [1.54, 1.807) is 12.1 Å². The van der Waals surface area contributed by atoms with E-state index >= 15 is 0 Å². The molecule has 2 rings (SSSR count). The van der Waals surface area contributed by atoms with Crippen molar-refractivity contribution in [2.24, 2.45) is 0 Å². The lowest BCUT2D eigenvalue weighted by Crippen LogP contribution is -2.36. The molecule has 0 saturated heterocycles. The molecule has 86 valence electrons. The molecule has 0 atom stereocenters. The molecular weight excluding hydrogens is 224 g/mol. The van der Waals surface area contributed by atoms with Gasteiger partial charge in [0.15, 0.2) is 5.78 Å². The number of carbonyl (C=O) groups excluding carboxylic acids is 1. The number of rotatable bonds is 3. The number of hydrogen-bond donors (Lipinski definition) is 1. The first-order chi connectivity index (χ1) is 7.60. The topological polar surface area (TPSA) is 37.3 Å². The molecule has 0 spiro atoms. The number of hydrogen-bond acceptors (Lipinski definition) is 2. The summed E-state index contributed by atoms with van der Waals surface area (Å²) in [6, 6.07) is 7.20. The minimum Gasteiger partial charge on any atom is -0.382 e. The number of aliphatic hydroxyl groups is 1. The minimum atomic E-state index is -1.07. The average Bonchev–Trinajstić information content (AvgIpc) is 2.70. The van der Waals surface area contributed by atoms with Gasteiger partial charge in [-0.25, -0.2) is 0 Å². The van der Waals surface area contributed by atoms with Gasteiger partial charge in [0.2, 0.25) is 0 Å². The highest BCUT2D eigenvalue weighted by Crippen LogP contribution is 2.31. The summed E-state index contributed by atoms with van der Waals surface area (Å²) in [5.41, 5.74) is -0.158. The summed E-state index contributed by atoms with van der Waals surface area (Å²) in [7, 11) is 0. The third-order valence-corrected chi connectivity index (χ3v) is 3.48. The average molecular weight is 239 g/mol. The van der Waals surface area contributed by atoms with Gasteiger partial charge in [0.25, 0.3) is 0 Å². The zero-order chi connectivity index (χ0) is 11.6. The van der Waals surface area contributed by atoms with Crippen LogP contribution in [0.2, 0.25) is 5.02 Å². The number of Topliss-reactive ketones (excluding diaryl/α,β-unsaturated/α-hetero) is 1. The van der Waals surface area contributed by atoms with E-state index in [9.17, 15) is 9.90 Å². The van der Waals surface area contributed by atoms with Crippen LogP contribution in [-0.4, -0.2) is 16.5 Å². The molecule has 2 nitrogen and oxygen atoms in total. The van der Waals surface area contributed by atoms with Crippen LogP contribution < -0.4 is 0 Å². The Hall–Kier alpha value is -0.860. The molecule has 1 aliphatic carbocycles. The van der Waals surface area contributed by atoms with Crippen LogP contribution >= 0.6 is 11.6 Å². The van der Waals surface area contributed by atoms with Crippen molar-refractivity contribution in [1.29, 1.82) is 0 Å². The standard InChI is InChI=1S/C13H15ClO2/c14-11-5-3-10(4-6-11)9-12(15)13(16)7-1-2-8-13/h3-6,16H,1-2,7-9H2. The molecule has 0 heterocycles. The highest BCUT2D eigenvalue weighted by atomic mass is 35.5. The second kappa shape index (κ2) is 4.56. The number of carbonyl (C=O) groups is 1. The maximum atomic E-state index is 11.9. The van der Waals surface area contributed by atoms with E-state index in [1.165, 1.54) is 0 Å². The van der Waals surface area contributed by atoms with Crippen molar-refractivity contribution in [3.8, 4) is 0 Å². The van der Waals surface area contributed by atoms with Crippen molar-refractivity contribution < 1.29 is 9.90 Å². The van der Waals surface area contributed by atoms with Crippen LogP contribution in [0.25, 0.3) is 0 Å². The van der Waals surface area contributed by atoms with Gasteiger partial charge >= 0.3 is 0 Å². The lowest BCUT2D eigenvalue weighted by Gasteiger charge is -2.20. The number of halogens is 1. The fourth-order valence-corrected chi connectivity index (χ4v) is 2.32. The van der Waals surface area contributed by atoms with Crippen LogP contribution in [-0.2, 0) is 11.2 Å². The van der Waals surface area contributed by atoms with Gasteiger partial charge in [0.1, 0.15) is 5.60 Å². The lowest BCUT2D eigenvalue weighted by molar-refractivity contribution is -0.136. The Morgan fingerprint density at radius 2 is 1.81 bits per heavy atom. The molecule has 0 unspecified atom stereocenters. The highest BCUT2D eigenvalue weighted by molar-refractivity contribution is 6.30. The van der Waals surface area contributed by atoms with E-state index in [0.717, 1.165) is 18.4 Å². The van der Waals surface area contributed by atoms with Gasteiger partial charge < -0.3 is 5.11 Å². The summed E-state index contributed by atoms with van der Waals surface area (Å²) in [6.45, 7) is 0. The summed E-state index contributed by atoms with van der Waals surface area (Å²) in [6.07, 6.45) is 3.41. The zero-order valence-electron chi connectivity index (χ0n) is 9.08. The van der Waals surface area contributed by atoms with E-state index in [1.807, 2.05) is 12.1 Å². The zero-order valence-corrected chi connectivity index (χ0v) is 9.83. The van der Waals surface area contributed by atoms with Crippen LogP contribution in [0.15, 0.2) is 24.3 Å². The first kappa shape index (κ1) is 11.6. The number of benzene rings is 1. The Kier molecular flexibility index (Phi) is 3.31. The number of ketones is 1. The Morgan fingerprint density at radius 3 is 2.38 bits per heavy atom. The summed E-state index contributed by atoms with van der Waals surface area (Å²) in [5, 5.41) is 10.8. The predicted molar refractivity (Wildman–Crippen MR) is 63.6 cm³/mol. The Balaban J connectivity index is 2.04. The lowest BCUT2D eigenvalue weighted by atomic mass is 9.92. The second-order valence-corrected chi connectivity index (χ2v) is 4.90. The van der Waals surface area contributed by atoms with Crippen LogP contribution in [0.4, 0.5) is 0 Å². The van der Waals surface area contributed by atoms with Crippen molar-refractivity contribution in [1.82, 2.24) is 0 Å². The Morgan fingerprint density at radius 1 is 1.25 bits per heavy atom. The summed E-state index contributed by atoms with van der Waals surface area (Å²) in [5.74, 6) is -0.0627. The third kappa shape index (κ3) is 2.45. The molecule has 1 saturated carbocycles. The van der Waals surface area contributed by atoms with Gasteiger partial charge in [-0.1, -0.05) is 23.7 Å². The summed E-state index contributed by atoms with van der Waals surface area (Å²) < 4.78 is 0. The Labute approximate surface area is 100 Å². The second-order valence-electron chi connectivity index (χ2n) is 4.47. The molecule has 1 aliphatic rings. The van der Waals surface area contributed by atoms with E-state index in [0.29, 0.717) is 24.3 Å². The van der Waals surface area contributed by atoms with E-state index in [-0.39, 0.29) is 5.78 Å². The van der Waals surface area contributed by atoms with Crippen LogP contribution in [0.5, 0.6) is 0 Å². The first-order valence-electron chi connectivity index (χ1n) is 5.60. The smallest absolute Gasteiger partial charge is 0.168 e. The molecule has 1 N–H and O–H groups in total. The van der Waals surface area contributed by atoms with Crippen molar-refractivity contribution in [2.75, 3.05) is 0 Å². The minimum absolute atomic E-state index is 0.0627. The molecular formula is C13H15ClO2. The normalized spacial score (nSPS) is 18.6. The molecule has 1 aromatic carbocycles. The molecule has 0 bridgehead atoms. The quantitative estimate of drug-likeness (QED) is 0.879. The van der Waals surface area contributed by atoms with Gasteiger partial charge in [-0.3, -0.25) is 4.79 Å². The molecule has 1 aromatic rings. The maximum absolute atomic E-state index is 11.9.